The van der Waals surface area contributed by atoms with E-state index in [9.17, 15) is 9.59 Å². The maximum atomic E-state index is 12.6. The first kappa shape index (κ1) is 16.2. The zero-order valence-electron chi connectivity index (χ0n) is 13.6. The van der Waals surface area contributed by atoms with Gasteiger partial charge in [0.15, 0.2) is 4.96 Å². The van der Waals surface area contributed by atoms with E-state index in [1.54, 1.807) is 7.11 Å². The Hall–Kier alpha value is -2.67. The smallest absolute Gasteiger partial charge is 0.271 e. The molecule has 0 radical (unpaired) electrons. The molecule has 1 amide bonds. The predicted octanol–water partition coefficient (Wildman–Crippen LogP) is 2.31. The van der Waals surface area contributed by atoms with E-state index in [1.165, 1.54) is 21.9 Å². The summed E-state index contributed by atoms with van der Waals surface area (Å²) in [7, 11) is 1.60. The number of rotatable bonds is 4. The van der Waals surface area contributed by atoms with Crippen LogP contribution in [0.5, 0.6) is 5.75 Å². The highest BCUT2D eigenvalue weighted by Gasteiger charge is 2.16. The van der Waals surface area contributed by atoms with Gasteiger partial charge in [-0.1, -0.05) is 12.1 Å². The molecule has 0 fully saturated rings. The number of carbonyl (C=O) groups is 1. The number of methoxy groups -OCH3 is 1. The molecule has 3 rings (SSSR count). The Kier molecular flexibility index (Phi) is 4.35. The molecule has 0 spiro atoms. The van der Waals surface area contributed by atoms with Crippen molar-refractivity contribution in [2.75, 3.05) is 7.11 Å². The third-order valence-corrected chi connectivity index (χ3v) is 4.95. The molecule has 2 heterocycles. The number of nitrogens with zero attached hydrogens (tertiary/aromatic N) is 2. The van der Waals surface area contributed by atoms with Gasteiger partial charge in [0.2, 0.25) is 0 Å². The molecule has 7 heteroatoms. The highest BCUT2D eigenvalue weighted by atomic mass is 32.1. The zero-order chi connectivity index (χ0) is 17.3. The van der Waals surface area contributed by atoms with Crippen molar-refractivity contribution >= 4 is 22.2 Å². The first-order valence-electron chi connectivity index (χ1n) is 7.40. The summed E-state index contributed by atoms with van der Waals surface area (Å²) in [6.45, 7) is 4.10. The van der Waals surface area contributed by atoms with Gasteiger partial charge in [-0.05, 0) is 31.5 Å². The van der Waals surface area contributed by atoms with Crippen molar-refractivity contribution in [1.82, 2.24) is 14.7 Å². The van der Waals surface area contributed by atoms with E-state index in [0.717, 1.165) is 21.9 Å². The van der Waals surface area contributed by atoms with Crippen LogP contribution in [0.25, 0.3) is 4.96 Å². The lowest BCUT2D eigenvalue weighted by Gasteiger charge is -2.06. The molecule has 0 saturated heterocycles. The Labute approximate surface area is 142 Å². The molecule has 0 aliphatic rings. The van der Waals surface area contributed by atoms with Gasteiger partial charge in [0.05, 0.1) is 7.11 Å². The fourth-order valence-corrected chi connectivity index (χ4v) is 3.28. The zero-order valence-corrected chi connectivity index (χ0v) is 14.4. The Morgan fingerprint density at radius 1 is 1.29 bits per heavy atom. The highest BCUT2D eigenvalue weighted by Crippen LogP contribution is 2.18. The molecule has 6 nitrogen and oxygen atoms in total. The lowest BCUT2D eigenvalue weighted by atomic mass is 10.2. The van der Waals surface area contributed by atoms with Gasteiger partial charge >= 0.3 is 0 Å². The molecule has 3 aromatic rings. The third kappa shape index (κ3) is 2.90. The average Bonchev–Trinajstić information content (AvgIpc) is 2.88. The number of nitrogens with one attached hydrogen (secondary N) is 1. The van der Waals surface area contributed by atoms with Gasteiger partial charge in [0, 0.05) is 23.3 Å². The minimum atomic E-state index is -0.430. The summed E-state index contributed by atoms with van der Waals surface area (Å²) in [6, 6.07) is 7.36. The Morgan fingerprint density at radius 2 is 2.00 bits per heavy atom. The Morgan fingerprint density at radius 3 is 2.67 bits per heavy atom. The number of fused-ring (bicyclic) bond motifs is 1. The molecule has 0 aliphatic heterocycles. The molecular formula is C17H17N3O3S. The molecule has 1 aromatic carbocycles. The summed E-state index contributed by atoms with van der Waals surface area (Å²) in [5, 5.41) is 2.75. The van der Waals surface area contributed by atoms with Crippen LogP contribution in [0.1, 0.15) is 26.5 Å². The molecule has 0 atom stereocenters. The topological polar surface area (TPSA) is 72.7 Å². The minimum Gasteiger partial charge on any atom is -0.497 e. The van der Waals surface area contributed by atoms with Crippen molar-refractivity contribution in [3.8, 4) is 5.75 Å². The summed E-state index contributed by atoms with van der Waals surface area (Å²) < 4.78 is 6.58. The van der Waals surface area contributed by atoms with E-state index in [-0.39, 0.29) is 11.1 Å². The summed E-state index contributed by atoms with van der Waals surface area (Å²) in [6.07, 6.45) is 1.34. The molecular weight excluding hydrogens is 326 g/mol. The van der Waals surface area contributed by atoms with Gasteiger partial charge in [0.25, 0.3) is 11.5 Å². The first-order chi connectivity index (χ1) is 11.5. The van der Waals surface area contributed by atoms with Crippen LogP contribution < -0.4 is 15.6 Å². The Balaban J connectivity index is 1.82. The average molecular weight is 343 g/mol. The van der Waals surface area contributed by atoms with Crippen LogP contribution in [-0.2, 0) is 6.54 Å². The molecule has 124 valence electrons. The van der Waals surface area contributed by atoms with E-state index >= 15 is 0 Å². The standard InChI is InChI=1S/C17H17N3O3S/c1-10-11(2)24-17-19-9-14(16(22)20(10)17)15(21)18-8-12-4-6-13(23-3)7-5-12/h4-7,9H,8H2,1-3H3,(H,18,21). The summed E-state index contributed by atoms with van der Waals surface area (Å²) in [5.41, 5.74) is 1.44. The summed E-state index contributed by atoms with van der Waals surface area (Å²) >= 11 is 1.44. The maximum absolute atomic E-state index is 12.6. The second-order valence-electron chi connectivity index (χ2n) is 5.37. The number of carbonyl (C=O) groups excluding carboxylic acids is 1. The van der Waals surface area contributed by atoms with Crippen LogP contribution in [0.15, 0.2) is 35.3 Å². The van der Waals surface area contributed by atoms with E-state index < -0.39 is 5.91 Å². The third-order valence-electron chi connectivity index (χ3n) is 3.87. The van der Waals surface area contributed by atoms with Gasteiger partial charge < -0.3 is 10.1 Å². The van der Waals surface area contributed by atoms with Crippen molar-refractivity contribution in [2.45, 2.75) is 20.4 Å². The monoisotopic (exact) mass is 343 g/mol. The van der Waals surface area contributed by atoms with Gasteiger partial charge in [-0.3, -0.25) is 14.0 Å². The van der Waals surface area contributed by atoms with E-state index in [0.29, 0.717) is 11.5 Å². The second kappa shape index (κ2) is 6.45. The molecule has 0 saturated carbocycles. The summed E-state index contributed by atoms with van der Waals surface area (Å²) in [5.74, 6) is 0.322. The molecule has 2 aromatic heterocycles. The SMILES string of the molecule is COc1ccc(CNC(=O)c2cnc3sc(C)c(C)n3c2=O)cc1. The number of ether oxygens (including phenoxy) is 1. The van der Waals surface area contributed by atoms with Crippen molar-refractivity contribution in [2.24, 2.45) is 0 Å². The first-order valence-corrected chi connectivity index (χ1v) is 8.22. The van der Waals surface area contributed by atoms with Crippen molar-refractivity contribution in [3.63, 3.8) is 0 Å². The van der Waals surface area contributed by atoms with Crippen molar-refractivity contribution in [1.29, 1.82) is 0 Å². The summed E-state index contributed by atoms with van der Waals surface area (Å²) in [4.78, 5) is 30.7. The second-order valence-corrected chi connectivity index (χ2v) is 6.55. The number of hydrogen-bond acceptors (Lipinski definition) is 5. The lowest BCUT2D eigenvalue weighted by Crippen LogP contribution is -2.31. The quantitative estimate of drug-likeness (QED) is 0.789. The number of aryl methyl sites for hydroxylation is 2. The minimum absolute atomic E-state index is 0.0434. The number of amides is 1. The number of thiazole rings is 1. The molecule has 0 unspecified atom stereocenters. The van der Waals surface area contributed by atoms with Gasteiger partial charge in [-0.25, -0.2) is 4.98 Å². The molecule has 1 N–H and O–H groups in total. The molecule has 24 heavy (non-hydrogen) atoms. The van der Waals surface area contributed by atoms with Crippen LogP contribution >= 0.6 is 11.3 Å². The van der Waals surface area contributed by atoms with Crippen LogP contribution in [0.2, 0.25) is 0 Å². The van der Waals surface area contributed by atoms with Crippen molar-refractivity contribution < 1.29 is 9.53 Å². The highest BCUT2D eigenvalue weighted by molar-refractivity contribution is 7.17. The van der Waals surface area contributed by atoms with Gasteiger partial charge in [0.1, 0.15) is 11.3 Å². The van der Waals surface area contributed by atoms with Gasteiger partial charge in [-0.15, -0.1) is 11.3 Å². The van der Waals surface area contributed by atoms with Crippen molar-refractivity contribution in [3.05, 3.63) is 62.5 Å². The Bertz CT molecular complexity index is 958. The molecule has 0 aliphatic carbocycles. The largest absolute Gasteiger partial charge is 0.497 e. The fourth-order valence-electron chi connectivity index (χ4n) is 2.35. The predicted molar refractivity (Wildman–Crippen MR) is 93.0 cm³/mol. The number of benzene rings is 1. The molecule has 0 bridgehead atoms. The fraction of sp³-hybridized carbons (Fsp3) is 0.235. The normalized spacial score (nSPS) is 10.8. The number of aromatic nitrogens is 2. The van der Waals surface area contributed by atoms with E-state index in [2.05, 4.69) is 10.3 Å². The van der Waals surface area contributed by atoms with E-state index in [4.69, 9.17) is 4.74 Å². The van der Waals surface area contributed by atoms with E-state index in [1.807, 2.05) is 38.1 Å². The number of hydrogen-bond donors (Lipinski definition) is 1. The lowest BCUT2D eigenvalue weighted by molar-refractivity contribution is 0.0949. The van der Waals surface area contributed by atoms with Crippen LogP contribution in [0, 0.1) is 13.8 Å². The van der Waals surface area contributed by atoms with Crippen LogP contribution in [0.3, 0.4) is 0 Å². The van der Waals surface area contributed by atoms with Gasteiger partial charge in [-0.2, -0.15) is 0 Å². The maximum Gasteiger partial charge on any atom is 0.271 e. The van der Waals surface area contributed by atoms with Crippen LogP contribution in [0.4, 0.5) is 0 Å². The van der Waals surface area contributed by atoms with Crippen LogP contribution in [-0.4, -0.2) is 22.4 Å².